The van der Waals surface area contributed by atoms with E-state index in [9.17, 15) is 0 Å². The molecular formula is C16H24N2O. The van der Waals surface area contributed by atoms with Crippen molar-refractivity contribution in [2.24, 2.45) is 5.92 Å². The molecule has 0 aromatic heterocycles. The van der Waals surface area contributed by atoms with E-state index in [1.807, 2.05) is 0 Å². The van der Waals surface area contributed by atoms with Gasteiger partial charge in [0.15, 0.2) is 0 Å². The van der Waals surface area contributed by atoms with Gasteiger partial charge in [0.05, 0.1) is 6.61 Å². The summed E-state index contributed by atoms with van der Waals surface area (Å²) in [5, 5.41) is 3.44. The lowest BCUT2D eigenvalue weighted by Gasteiger charge is -2.22. The van der Waals surface area contributed by atoms with Gasteiger partial charge in [0.2, 0.25) is 0 Å². The average Bonchev–Trinajstić information content (AvgIpc) is 3.26. The Bertz CT molecular complexity index is 378. The fourth-order valence-corrected chi connectivity index (χ4v) is 2.61. The first kappa shape index (κ1) is 12.8. The van der Waals surface area contributed by atoms with E-state index in [0.717, 1.165) is 44.5 Å². The molecule has 1 N–H and O–H groups in total. The van der Waals surface area contributed by atoms with Crippen LogP contribution in [0, 0.1) is 5.92 Å². The largest absolute Gasteiger partial charge is 0.494 e. The van der Waals surface area contributed by atoms with Gasteiger partial charge in [-0.3, -0.25) is 0 Å². The number of hydrogen-bond acceptors (Lipinski definition) is 3. The Morgan fingerprint density at radius 1 is 1.11 bits per heavy atom. The molecule has 2 aliphatic rings. The van der Waals surface area contributed by atoms with Gasteiger partial charge in [-0.15, -0.1) is 0 Å². The molecule has 104 valence electrons. The highest BCUT2D eigenvalue weighted by Crippen LogP contribution is 2.32. The van der Waals surface area contributed by atoms with Crippen LogP contribution < -0.4 is 15.0 Å². The van der Waals surface area contributed by atoms with Gasteiger partial charge in [0.25, 0.3) is 0 Å². The number of nitrogens with one attached hydrogen (secondary N) is 1. The molecule has 1 aromatic rings. The molecule has 0 bridgehead atoms. The van der Waals surface area contributed by atoms with Crippen LogP contribution in [0.25, 0.3) is 0 Å². The van der Waals surface area contributed by atoms with Crippen molar-refractivity contribution in [3.8, 4) is 5.75 Å². The highest BCUT2D eigenvalue weighted by molar-refractivity contribution is 5.49. The summed E-state index contributed by atoms with van der Waals surface area (Å²) in [5.41, 5.74) is 1.32. The standard InChI is InChI=1S/C16H24N2O/c1-9-17-10-12-18(11-1)15-4-6-16(7-5-15)19-13-8-14-2-3-14/h4-7,14,17H,1-3,8-13H2. The molecule has 1 aromatic carbocycles. The summed E-state index contributed by atoms with van der Waals surface area (Å²) in [6.45, 7) is 5.34. The van der Waals surface area contributed by atoms with Crippen molar-refractivity contribution in [1.82, 2.24) is 5.32 Å². The highest BCUT2D eigenvalue weighted by Gasteiger charge is 2.20. The summed E-state index contributed by atoms with van der Waals surface area (Å²) in [7, 11) is 0. The molecule has 0 spiro atoms. The number of hydrogen-bond donors (Lipinski definition) is 1. The van der Waals surface area contributed by atoms with Gasteiger partial charge >= 0.3 is 0 Å². The minimum Gasteiger partial charge on any atom is -0.494 e. The van der Waals surface area contributed by atoms with Crippen LogP contribution in [0.15, 0.2) is 24.3 Å². The van der Waals surface area contributed by atoms with Gasteiger partial charge in [-0.1, -0.05) is 12.8 Å². The van der Waals surface area contributed by atoms with Crippen molar-refractivity contribution in [2.45, 2.75) is 25.7 Å². The van der Waals surface area contributed by atoms with Gasteiger partial charge in [-0.2, -0.15) is 0 Å². The zero-order chi connectivity index (χ0) is 12.9. The first-order valence-electron chi connectivity index (χ1n) is 7.60. The molecule has 3 heteroatoms. The second-order valence-corrected chi connectivity index (χ2v) is 5.67. The summed E-state index contributed by atoms with van der Waals surface area (Å²) in [6.07, 6.45) is 5.26. The molecule has 2 fully saturated rings. The number of benzene rings is 1. The van der Waals surface area contributed by atoms with E-state index >= 15 is 0 Å². The molecule has 1 aliphatic heterocycles. The van der Waals surface area contributed by atoms with E-state index in [1.54, 1.807) is 0 Å². The Hall–Kier alpha value is -1.22. The molecule has 1 heterocycles. The highest BCUT2D eigenvalue weighted by atomic mass is 16.5. The molecule has 1 saturated carbocycles. The third kappa shape index (κ3) is 3.87. The molecule has 1 aliphatic carbocycles. The Kier molecular flexibility index (Phi) is 4.23. The van der Waals surface area contributed by atoms with Gasteiger partial charge in [-0.25, -0.2) is 0 Å². The minimum absolute atomic E-state index is 0.873. The van der Waals surface area contributed by atoms with Crippen LogP contribution in [0.4, 0.5) is 5.69 Å². The van der Waals surface area contributed by atoms with Crippen LogP contribution in [0.5, 0.6) is 5.75 Å². The maximum absolute atomic E-state index is 5.79. The van der Waals surface area contributed by atoms with E-state index in [0.29, 0.717) is 0 Å². The first-order chi connectivity index (χ1) is 9.42. The van der Waals surface area contributed by atoms with E-state index in [1.165, 1.54) is 31.4 Å². The maximum atomic E-state index is 5.79. The van der Waals surface area contributed by atoms with E-state index < -0.39 is 0 Å². The maximum Gasteiger partial charge on any atom is 0.119 e. The van der Waals surface area contributed by atoms with Crippen LogP contribution in [-0.4, -0.2) is 32.8 Å². The fourth-order valence-electron chi connectivity index (χ4n) is 2.61. The lowest BCUT2D eigenvalue weighted by atomic mass is 10.2. The molecule has 3 nitrogen and oxygen atoms in total. The molecular weight excluding hydrogens is 236 g/mol. The van der Waals surface area contributed by atoms with Crippen LogP contribution in [0.2, 0.25) is 0 Å². The molecule has 0 atom stereocenters. The molecule has 0 radical (unpaired) electrons. The minimum atomic E-state index is 0.873. The summed E-state index contributed by atoms with van der Waals surface area (Å²) < 4.78 is 5.79. The normalized spacial score (nSPS) is 20.1. The molecule has 1 saturated heterocycles. The summed E-state index contributed by atoms with van der Waals surface area (Å²) >= 11 is 0. The van der Waals surface area contributed by atoms with Crippen LogP contribution in [0.1, 0.15) is 25.7 Å². The quantitative estimate of drug-likeness (QED) is 0.881. The summed E-state index contributed by atoms with van der Waals surface area (Å²) in [5.74, 6) is 1.96. The van der Waals surface area contributed by atoms with Crippen molar-refractivity contribution in [1.29, 1.82) is 0 Å². The zero-order valence-electron chi connectivity index (χ0n) is 11.6. The lowest BCUT2D eigenvalue weighted by molar-refractivity contribution is 0.302. The number of rotatable bonds is 5. The van der Waals surface area contributed by atoms with Crippen LogP contribution in [-0.2, 0) is 0 Å². The van der Waals surface area contributed by atoms with Crippen molar-refractivity contribution >= 4 is 5.69 Å². The van der Waals surface area contributed by atoms with Crippen molar-refractivity contribution in [2.75, 3.05) is 37.7 Å². The average molecular weight is 260 g/mol. The molecule has 0 unspecified atom stereocenters. The third-order valence-corrected chi connectivity index (χ3v) is 4.03. The summed E-state index contributed by atoms with van der Waals surface area (Å²) in [4.78, 5) is 2.45. The Morgan fingerprint density at radius 2 is 1.95 bits per heavy atom. The van der Waals surface area contributed by atoms with Gasteiger partial charge in [-0.05, 0) is 49.6 Å². The van der Waals surface area contributed by atoms with Crippen molar-refractivity contribution < 1.29 is 4.74 Å². The van der Waals surface area contributed by atoms with Gasteiger partial charge < -0.3 is 15.0 Å². The Morgan fingerprint density at radius 3 is 2.74 bits per heavy atom. The SMILES string of the molecule is c1cc(N2CCCNCC2)ccc1OCCC1CC1. The predicted octanol–water partition coefficient (Wildman–Crippen LogP) is 2.67. The van der Waals surface area contributed by atoms with Gasteiger partial charge in [0, 0.05) is 25.3 Å². The van der Waals surface area contributed by atoms with Crippen molar-refractivity contribution in [3.05, 3.63) is 24.3 Å². The fraction of sp³-hybridized carbons (Fsp3) is 0.625. The second kappa shape index (κ2) is 6.29. The molecule has 0 amide bonds. The second-order valence-electron chi connectivity index (χ2n) is 5.67. The third-order valence-electron chi connectivity index (χ3n) is 4.03. The smallest absolute Gasteiger partial charge is 0.119 e. The Labute approximate surface area is 115 Å². The Balaban J connectivity index is 1.51. The van der Waals surface area contributed by atoms with Crippen LogP contribution in [0.3, 0.4) is 0 Å². The predicted molar refractivity (Wildman–Crippen MR) is 79.0 cm³/mol. The lowest BCUT2D eigenvalue weighted by Crippen LogP contribution is -2.27. The monoisotopic (exact) mass is 260 g/mol. The van der Waals surface area contributed by atoms with E-state index in [4.69, 9.17) is 4.74 Å². The number of anilines is 1. The topological polar surface area (TPSA) is 24.5 Å². The molecule has 3 rings (SSSR count). The van der Waals surface area contributed by atoms with E-state index in [-0.39, 0.29) is 0 Å². The van der Waals surface area contributed by atoms with E-state index in [2.05, 4.69) is 34.5 Å². The summed E-state index contributed by atoms with van der Waals surface area (Å²) in [6, 6.07) is 8.61. The van der Waals surface area contributed by atoms with Crippen LogP contribution >= 0.6 is 0 Å². The zero-order valence-corrected chi connectivity index (χ0v) is 11.6. The van der Waals surface area contributed by atoms with Crippen molar-refractivity contribution in [3.63, 3.8) is 0 Å². The molecule has 19 heavy (non-hydrogen) atoms. The van der Waals surface area contributed by atoms with Gasteiger partial charge in [0.1, 0.15) is 5.75 Å². The first-order valence-corrected chi connectivity index (χ1v) is 7.60. The number of ether oxygens (including phenoxy) is 1. The number of nitrogens with zero attached hydrogens (tertiary/aromatic N) is 1.